The highest BCUT2D eigenvalue weighted by Crippen LogP contribution is 2.27. The van der Waals surface area contributed by atoms with Crippen LogP contribution in [0.5, 0.6) is 11.5 Å². The number of anilines is 1. The Kier molecular flexibility index (Phi) is 6.63. The fourth-order valence-corrected chi connectivity index (χ4v) is 2.81. The summed E-state index contributed by atoms with van der Waals surface area (Å²) in [6, 6.07) is 15.3. The molecular weight excluding hydrogens is 368 g/mol. The Hall–Kier alpha value is -3.61. The number of nitrogens with one attached hydrogen (secondary N) is 2. The summed E-state index contributed by atoms with van der Waals surface area (Å²) in [6.07, 6.45) is 3.02. The molecule has 1 aromatic heterocycles. The van der Waals surface area contributed by atoms with Crippen molar-refractivity contribution in [3.63, 3.8) is 0 Å². The van der Waals surface area contributed by atoms with E-state index in [-0.39, 0.29) is 11.9 Å². The molecule has 1 heterocycles. The molecule has 0 saturated heterocycles. The monoisotopic (exact) mass is 392 g/mol. The molecule has 29 heavy (non-hydrogen) atoms. The van der Waals surface area contributed by atoms with Gasteiger partial charge in [0.1, 0.15) is 0 Å². The van der Waals surface area contributed by atoms with Crippen LogP contribution in [0.2, 0.25) is 0 Å². The molecule has 1 amide bonds. The first-order chi connectivity index (χ1) is 14.1. The smallest absolute Gasteiger partial charge is 0.254 e. The van der Waals surface area contributed by atoms with Crippen LogP contribution in [0.25, 0.3) is 0 Å². The Morgan fingerprint density at radius 2 is 1.69 bits per heavy atom. The molecule has 3 rings (SSSR count). The average Bonchev–Trinajstić information content (AvgIpc) is 2.78. The van der Waals surface area contributed by atoms with Crippen LogP contribution < -0.4 is 20.1 Å². The quantitative estimate of drug-likeness (QED) is 0.609. The van der Waals surface area contributed by atoms with Crippen LogP contribution in [-0.4, -0.2) is 30.1 Å². The largest absolute Gasteiger partial charge is 0.493 e. The second kappa shape index (κ2) is 9.54. The summed E-state index contributed by atoms with van der Waals surface area (Å²) in [5.41, 5.74) is 2.43. The number of aromatic nitrogens is 2. The molecule has 3 aromatic rings. The van der Waals surface area contributed by atoms with Gasteiger partial charge in [0.25, 0.3) is 5.91 Å². The number of ether oxygens (including phenoxy) is 2. The molecular formula is C22H24N4O3. The number of benzene rings is 2. The minimum absolute atomic E-state index is 0.105. The van der Waals surface area contributed by atoms with Crippen molar-refractivity contribution in [1.29, 1.82) is 0 Å². The maximum absolute atomic E-state index is 12.4. The molecule has 0 saturated carbocycles. The van der Waals surface area contributed by atoms with Crippen LogP contribution in [0.3, 0.4) is 0 Å². The summed E-state index contributed by atoms with van der Waals surface area (Å²) in [5, 5.41) is 6.08. The number of carbonyl (C=O) groups excluding carboxylic acids is 1. The summed E-state index contributed by atoms with van der Waals surface area (Å²) in [5.74, 6) is 1.56. The van der Waals surface area contributed by atoms with Gasteiger partial charge in [-0.25, -0.2) is 9.97 Å². The van der Waals surface area contributed by atoms with Gasteiger partial charge in [-0.15, -0.1) is 0 Å². The Morgan fingerprint density at radius 1 is 1.00 bits per heavy atom. The Bertz CT molecular complexity index is 946. The standard InChI is InChI=1S/C22H24N4O3/c1-15(17-7-5-4-6-8-17)26-21(27)18-13-24-22(25-14-18)23-12-16-9-10-19(28-2)20(11-16)29-3/h4-11,13-15H,12H2,1-3H3,(H,26,27)(H,23,24,25). The van der Waals surface area contributed by atoms with Gasteiger partial charge in [-0.05, 0) is 30.2 Å². The summed E-state index contributed by atoms with van der Waals surface area (Å²) in [6.45, 7) is 2.45. The highest BCUT2D eigenvalue weighted by molar-refractivity contribution is 5.93. The first kappa shape index (κ1) is 20.1. The molecule has 1 unspecified atom stereocenters. The lowest BCUT2D eigenvalue weighted by Crippen LogP contribution is -2.26. The molecule has 1 atom stereocenters. The molecule has 150 valence electrons. The third-order valence-corrected chi connectivity index (χ3v) is 4.46. The molecule has 0 radical (unpaired) electrons. The van der Waals surface area contributed by atoms with Crippen molar-refractivity contribution in [1.82, 2.24) is 15.3 Å². The lowest BCUT2D eigenvalue weighted by atomic mass is 10.1. The molecule has 7 nitrogen and oxygen atoms in total. The number of amides is 1. The van der Waals surface area contributed by atoms with Gasteiger partial charge >= 0.3 is 0 Å². The fraction of sp³-hybridized carbons (Fsp3) is 0.227. The third kappa shape index (κ3) is 5.22. The zero-order chi connectivity index (χ0) is 20.6. The van der Waals surface area contributed by atoms with E-state index in [1.165, 1.54) is 12.4 Å². The molecule has 0 fully saturated rings. The number of methoxy groups -OCH3 is 2. The Labute approximate surface area is 170 Å². The van der Waals surface area contributed by atoms with Crippen LogP contribution in [0.4, 0.5) is 5.95 Å². The minimum atomic E-state index is -0.215. The topological polar surface area (TPSA) is 85.4 Å². The van der Waals surface area contributed by atoms with E-state index in [9.17, 15) is 4.79 Å². The molecule has 0 aliphatic rings. The Balaban J connectivity index is 1.58. The number of nitrogens with zero attached hydrogens (tertiary/aromatic N) is 2. The van der Waals surface area contributed by atoms with Crippen LogP contribution in [-0.2, 0) is 6.54 Å². The summed E-state index contributed by atoms with van der Waals surface area (Å²) in [4.78, 5) is 20.9. The second-order valence-electron chi connectivity index (χ2n) is 6.44. The van der Waals surface area contributed by atoms with E-state index in [0.29, 0.717) is 29.6 Å². The zero-order valence-electron chi connectivity index (χ0n) is 16.7. The maximum Gasteiger partial charge on any atom is 0.254 e. The lowest BCUT2D eigenvalue weighted by Gasteiger charge is -2.14. The number of hydrogen-bond donors (Lipinski definition) is 2. The van der Waals surface area contributed by atoms with Crippen molar-refractivity contribution in [2.45, 2.75) is 19.5 Å². The van der Waals surface area contributed by atoms with E-state index in [4.69, 9.17) is 9.47 Å². The third-order valence-electron chi connectivity index (χ3n) is 4.46. The summed E-state index contributed by atoms with van der Waals surface area (Å²) >= 11 is 0. The van der Waals surface area contributed by atoms with Gasteiger partial charge in [0.05, 0.1) is 25.8 Å². The van der Waals surface area contributed by atoms with Gasteiger partial charge in [-0.1, -0.05) is 36.4 Å². The summed E-state index contributed by atoms with van der Waals surface area (Å²) in [7, 11) is 3.20. The number of carbonyl (C=O) groups is 1. The van der Waals surface area contributed by atoms with Gasteiger partial charge < -0.3 is 20.1 Å². The van der Waals surface area contributed by atoms with Crippen molar-refractivity contribution in [3.8, 4) is 11.5 Å². The van der Waals surface area contributed by atoms with Gasteiger partial charge in [-0.3, -0.25) is 4.79 Å². The fourth-order valence-electron chi connectivity index (χ4n) is 2.81. The summed E-state index contributed by atoms with van der Waals surface area (Å²) < 4.78 is 10.5. The normalized spacial score (nSPS) is 11.4. The number of hydrogen-bond acceptors (Lipinski definition) is 6. The van der Waals surface area contributed by atoms with Crippen LogP contribution in [0.15, 0.2) is 60.9 Å². The zero-order valence-corrected chi connectivity index (χ0v) is 16.7. The average molecular weight is 392 g/mol. The molecule has 0 aliphatic carbocycles. The van der Waals surface area contributed by atoms with E-state index < -0.39 is 0 Å². The van der Waals surface area contributed by atoms with Crippen molar-refractivity contribution in [2.75, 3.05) is 19.5 Å². The minimum Gasteiger partial charge on any atom is -0.493 e. The van der Waals surface area contributed by atoms with Crippen LogP contribution in [0.1, 0.15) is 34.5 Å². The van der Waals surface area contributed by atoms with E-state index in [1.54, 1.807) is 14.2 Å². The first-order valence-electron chi connectivity index (χ1n) is 9.23. The van der Waals surface area contributed by atoms with Crippen LogP contribution in [0, 0.1) is 0 Å². The van der Waals surface area contributed by atoms with E-state index in [2.05, 4.69) is 20.6 Å². The van der Waals surface area contributed by atoms with Crippen molar-refractivity contribution >= 4 is 11.9 Å². The van der Waals surface area contributed by atoms with Gasteiger partial charge in [0.15, 0.2) is 11.5 Å². The van der Waals surface area contributed by atoms with Gasteiger partial charge in [0.2, 0.25) is 5.95 Å². The van der Waals surface area contributed by atoms with E-state index in [1.807, 2.05) is 55.5 Å². The predicted molar refractivity (Wildman–Crippen MR) is 111 cm³/mol. The molecule has 0 aliphatic heterocycles. The highest BCUT2D eigenvalue weighted by atomic mass is 16.5. The van der Waals surface area contributed by atoms with Gasteiger partial charge in [-0.2, -0.15) is 0 Å². The maximum atomic E-state index is 12.4. The highest BCUT2D eigenvalue weighted by Gasteiger charge is 2.12. The second-order valence-corrected chi connectivity index (χ2v) is 6.44. The molecule has 2 aromatic carbocycles. The van der Waals surface area contributed by atoms with E-state index in [0.717, 1.165) is 11.1 Å². The van der Waals surface area contributed by atoms with Crippen molar-refractivity contribution < 1.29 is 14.3 Å². The van der Waals surface area contributed by atoms with Crippen molar-refractivity contribution in [3.05, 3.63) is 77.6 Å². The van der Waals surface area contributed by atoms with Crippen LogP contribution >= 0.6 is 0 Å². The van der Waals surface area contributed by atoms with E-state index >= 15 is 0 Å². The first-order valence-corrected chi connectivity index (χ1v) is 9.23. The molecule has 0 spiro atoms. The predicted octanol–water partition coefficient (Wildman–Crippen LogP) is 3.60. The molecule has 7 heteroatoms. The lowest BCUT2D eigenvalue weighted by molar-refractivity contribution is 0.0939. The molecule has 0 bridgehead atoms. The Morgan fingerprint density at radius 3 is 2.34 bits per heavy atom. The van der Waals surface area contributed by atoms with Crippen molar-refractivity contribution in [2.24, 2.45) is 0 Å². The SMILES string of the molecule is COc1ccc(CNc2ncc(C(=O)NC(C)c3ccccc3)cn2)cc1OC. The molecule has 2 N–H and O–H groups in total. The number of rotatable bonds is 8. The van der Waals surface area contributed by atoms with Gasteiger partial charge in [0, 0.05) is 18.9 Å².